The molecule has 0 aromatic heterocycles. The molecule has 4 bridgehead atoms. The largest absolute Gasteiger partial charge is 0.352 e. The van der Waals surface area contributed by atoms with Gasteiger partial charge in [0.2, 0.25) is 5.91 Å². The normalized spacial score (nSPS) is 34.6. The molecule has 2 nitrogen and oxygen atoms in total. The Bertz CT molecular complexity index is 584. The van der Waals surface area contributed by atoms with E-state index in [-0.39, 0.29) is 5.91 Å². The van der Waals surface area contributed by atoms with Crippen molar-refractivity contribution in [2.45, 2.75) is 56.9 Å². The number of hydrogen-bond donors (Lipinski definition) is 1. The van der Waals surface area contributed by atoms with Crippen molar-refractivity contribution >= 4 is 17.7 Å². The fourth-order valence-corrected chi connectivity index (χ4v) is 6.33. The van der Waals surface area contributed by atoms with Crippen LogP contribution in [0.5, 0.6) is 0 Å². The summed E-state index contributed by atoms with van der Waals surface area (Å²) in [6, 6.07) is 6.94. The second-order valence-electron chi connectivity index (χ2n) is 8.08. The molecule has 0 aliphatic heterocycles. The van der Waals surface area contributed by atoms with Crippen LogP contribution in [0.2, 0.25) is 0 Å². The monoisotopic (exact) mass is 329 g/mol. The molecular formula is C20H27NOS. The van der Waals surface area contributed by atoms with Crippen LogP contribution in [-0.4, -0.2) is 17.7 Å². The number of thioether (sulfide) groups is 1. The Morgan fingerprint density at radius 2 is 1.74 bits per heavy atom. The number of nitrogens with one attached hydrogen (secondary N) is 1. The highest BCUT2D eigenvalue weighted by Gasteiger charge is 2.48. The summed E-state index contributed by atoms with van der Waals surface area (Å²) < 4.78 is 0. The van der Waals surface area contributed by atoms with E-state index < -0.39 is 0 Å². The van der Waals surface area contributed by atoms with Crippen LogP contribution in [0.1, 0.15) is 43.2 Å². The van der Waals surface area contributed by atoms with E-state index in [1.807, 2.05) is 0 Å². The molecule has 23 heavy (non-hydrogen) atoms. The molecule has 4 aliphatic carbocycles. The molecule has 0 radical (unpaired) electrons. The van der Waals surface area contributed by atoms with Crippen LogP contribution in [0.25, 0.3) is 0 Å². The van der Waals surface area contributed by atoms with Gasteiger partial charge < -0.3 is 5.32 Å². The zero-order valence-corrected chi connectivity index (χ0v) is 15.0. The van der Waals surface area contributed by atoms with Crippen molar-refractivity contribution < 1.29 is 4.79 Å². The first-order chi connectivity index (χ1) is 11.1. The third kappa shape index (κ3) is 3.17. The molecule has 1 amide bonds. The minimum atomic E-state index is 0.230. The lowest BCUT2D eigenvalue weighted by Gasteiger charge is -2.54. The topological polar surface area (TPSA) is 29.1 Å². The van der Waals surface area contributed by atoms with Crippen LogP contribution >= 0.6 is 11.8 Å². The highest BCUT2D eigenvalue weighted by molar-refractivity contribution is 8.00. The maximum Gasteiger partial charge on any atom is 0.230 e. The van der Waals surface area contributed by atoms with Crippen LogP contribution in [0.3, 0.4) is 0 Å². The van der Waals surface area contributed by atoms with E-state index in [1.165, 1.54) is 48.1 Å². The Balaban J connectivity index is 1.34. The number of carbonyl (C=O) groups excluding carboxylic acids is 1. The van der Waals surface area contributed by atoms with Gasteiger partial charge in [-0.05, 0) is 81.3 Å². The Morgan fingerprint density at radius 3 is 2.39 bits per heavy atom. The van der Waals surface area contributed by atoms with Crippen LogP contribution in [0.15, 0.2) is 23.1 Å². The van der Waals surface area contributed by atoms with Gasteiger partial charge in [0.05, 0.1) is 5.75 Å². The molecule has 0 heterocycles. The van der Waals surface area contributed by atoms with Crippen LogP contribution < -0.4 is 5.32 Å². The van der Waals surface area contributed by atoms with E-state index >= 15 is 0 Å². The maximum atomic E-state index is 12.5. The minimum Gasteiger partial charge on any atom is -0.352 e. The molecule has 5 rings (SSSR count). The predicted octanol–water partition coefficient (Wildman–Crippen LogP) is 4.34. The first-order valence-corrected chi connectivity index (χ1v) is 10.1. The van der Waals surface area contributed by atoms with Crippen molar-refractivity contribution in [3.05, 3.63) is 29.3 Å². The van der Waals surface area contributed by atoms with Crippen molar-refractivity contribution in [1.29, 1.82) is 0 Å². The van der Waals surface area contributed by atoms with Gasteiger partial charge in [-0.1, -0.05) is 17.7 Å². The van der Waals surface area contributed by atoms with Gasteiger partial charge >= 0.3 is 0 Å². The number of benzene rings is 1. The average Bonchev–Trinajstić information content (AvgIpc) is 2.51. The lowest BCUT2D eigenvalue weighted by Crippen LogP contribution is -2.56. The molecule has 4 saturated carbocycles. The summed E-state index contributed by atoms with van der Waals surface area (Å²) in [5.41, 5.74) is 2.53. The van der Waals surface area contributed by atoms with Crippen molar-refractivity contribution in [1.82, 2.24) is 5.32 Å². The third-order valence-corrected chi connectivity index (χ3v) is 7.41. The van der Waals surface area contributed by atoms with Crippen molar-refractivity contribution in [3.8, 4) is 0 Å². The number of rotatable bonds is 4. The van der Waals surface area contributed by atoms with Crippen LogP contribution in [0.4, 0.5) is 0 Å². The van der Waals surface area contributed by atoms with Gasteiger partial charge in [0, 0.05) is 10.9 Å². The summed E-state index contributed by atoms with van der Waals surface area (Å²) in [7, 11) is 0. The molecule has 124 valence electrons. The Hall–Kier alpha value is -0.960. The van der Waals surface area contributed by atoms with Crippen molar-refractivity contribution in [3.63, 3.8) is 0 Å². The number of hydrogen-bond acceptors (Lipinski definition) is 2. The molecule has 0 atom stereocenters. The molecule has 3 heteroatoms. The third-order valence-electron chi connectivity index (χ3n) is 6.26. The van der Waals surface area contributed by atoms with Gasteiger partial charge in [0.1, 0.15) is 0 Å². The van der Waals surface area contributed by atoms with E-state index in [0.29, 0.717) is 11.8 Å². The van der Waals surface area contributed by atoms with Crippen LogP contribution in [0, 0.1) is 37.5 Å². The quantitative estimate of drug-likeness (QED) is 0.833. The zero-order chi connectivity index (χ0) is 16.0. The van der Waals surface area contributed by atoms with Gasteiger partial charge in [-0.2, -0.15) is 0 Å². The van der Waals surface area contributed by atoms with E-state index in [2.05, 4.69) is 37.4 Å². The standard InChI is InChI=1S/C20H27NOS/c1-12-3-4-13(2)18(5-12)23-11-19(22)21-20-16-7-14-6-15(9-16)10-17(20)8-14/h3-5,14-17,20H,6-11H2,1-2H3,(H,21,22). The van der Waals surface area contributed by atoms with Gasteiger partial charge in [0.25, 0.3) is 0 Å². The molecule has 1 N–H and O–H groups in total. The van der Waals surface area contributed by atoms with Gasteiger partial charge in [0.15, 0.2) is 0 Å². The molecule has 0 spiro atoms. The van der Waals surface area contributed by atoms with E-state index in [0.717, 1.165) is 23.7 Å². The van der Waals surface area contributed by atoms with Gasteiger partial charge in [-0.25, -0.2) is 0 Å². The lowest BCUT2D eigenvalue weighted by atomic mass is 9.54. The summed E-state index contributed by atoms with van der Waals surface area (Å²) in [5.74, 6) is 4.24. The fourth-order valence-electron chi connectivity index (χ4n) is 5.39. The Morgan fingerprint density at radius 1 is 1.09 bits per heavy atom. The highest BCUT2D eigenvalue weighted by Crippen LogP contribution is 2.53. The van der Waals surface area contributed by atoms with E-state index in [4.69, 9.17) is 0 Å². The molecule has 0 saturated heterocycles. The first kappa shape index (κ1) is 15.6. The summed E-state index contributed by atoms with van der Waals surface area (Å²) in [4.78, 5) is 13.7. The molecule has 1 aromatic carbocycles. The summed E-state index contributed by atoms with van der Waals surface area (Å²) in [5, 5.41) is 3.41. The summed E-state index contributed by atoms with van der Waals surface area (Å²) in [6.07, 6.45) is 6.92. The lowest BCUT2D eigenvalue weighted by molar-refractivity contribution is -0.122. The average molecular weight is 330 g/mol. The zero-order valence-electron chi connectivity index (χ0n) is 14.2. The summed E-state index contributed by atoms with van der Waals surface area (Å²) >= 11 is 1.68. The first-order valence-electron chi connectivity index (χ1n) is 9.08. The maximum absolute atomic E-state index is 12.5. The van der Waals surface area contributed by atoms with Crippen molar-refractivity contribution in [2.24, 2.45) is 23.7 Å². The highest BCUT2D eigenvalue weighted by atomic mass is 32.2. The molecule has 4 fully saturated rings. The molecule has 0 unspecified atom stereocenters. The molecule has 1 aromatic rings. The van der Waals surface area contributed by atoms with Gasteiger partial charge in [-0.3, -0.25) is 4.79 Å². The molecular weight excluding hydrogens is 302 g/mol. The number of carbonyl (C=O) groups is 1. The predicted molar refractivity (Wildman–Crippen MR) is 95.6 cm³/mol. The summed E-state index contributed by atoms with van der Waals surface area (Å²) in [6.45, 7) is 4.23. The second-order valence-corrected chi connectivity index (χ2v) is 9.10. The smallest absolute Gasteiger partial charge is 0.230 e. The van der Waals surface area contributed by atoms with E-state index in [1.54, 1.807) is 11.8 Å². The molecule has 4 aliphatic rings. The SMILES string of the molecule is Cc1ccc(C)c(SCC(=O)NC2C3CC4CC(C3)CC2C4)c1. The minimum absolute atomic E-state index is 0.230. The van der Waals surface area contributed by atoms with Gasteiger partial charge in [-0.15, -0.1) is 11.8 Å². The fraction of sp³-hybridized carbons (Fsp3) is 0.650. The second kappa shape index (κ2) is 6.16. The van der Waals surface area contributed by atoms with Crippen molar-refractivity contribution in [2.75, 3.05) is 5.75 Å². The number of aryl methyl sites for hydroxylation is 2. The van der Waals surface area contributed by atoms with Crippen LogP contribution in [-0.2, 0) is 4.79 Å². The van der Waals surface area contributed by atoms with E-state index in [9.17, 15) is 4.79 Å². The number of amides is 1. The Kier molecular flexibility index (Phi) is 4.17. The Labute approximate surface area is 143 Å².